The number of amides is 1. The fourth-order valence-corrected chi connectivity index (χ4v) is 3.24. The molecule has 0 saturated heterocycles. The van der Waals surface area contributed by atoms with Crippen LogP contribution in [0.3, 0.4) is 0 Å². The molecule has 0 fully saturated rings. The Morgan fingerprint density at radius 3 is 1.95 bits per heavy atom. The van der Waals surface area contributed by atoms with Crippen molar-refractivity contribution in [3.8, 4) is 0 Å². The standard InChI is InChI=1S/C10H14ClN3O5S2/c1-5(2)10(15)14-7-3-6(11)8(20(12,16)17)4-9(7)21(13,18)19/h3-5H,1-2H3,(H,14,15)(H2,12,16,17)(H2,13,18,19). The highest BCUT2D eigenvalue weighted by molar-refractivity contribution is 7.90. The molecule has 5 N–H and O–H groups in total. The van der Waals surface area contributed by atoms with Crippen LogP contribution >= 0.6 is 11.6 Å². The number of halogens is 1. The predicted molar refractivity (Wildman–Crippen MR) is 77.7 cm³/mol. The molecule has 0 radical (unpaired) electrons. The maximum atomic E-state index is 11.7. The van der Waals surface area contributed by atoms with E-state index in [1.54, 1.807) is 13.8 Å². The molecule has 0 saturated carbocycles. The van der Waals surface area contributed by atoms with Gasteiger partial charge in [-0.1, -0.05) is 25.4 Å². The molecule has 21 heavy (non-hydrogen) atoms. The first-order chi connectivity index (χ1) is 9.34. The Morgan fingerprint density at radius 2 is 1.57 bits per heavy atom. The van der Waals surface area contributed by atoms with Crippen LogP contribution in [0.15, 0.2) is 21.9 Å². The lowest BCUT2D eigenvalue weighted by Gasteiger charge is -2.13. The van der Waals surface area contributed by atoms with Gasteiger partial charge in [-0.2, -0.15) is 0 Å². The first-order valence-electron chi connectivity index (χ1n) is 5.54. The molecule has 0 aliphatic heterocycles. The smallest absolute Gasteiger partial charge is 0.240 e. The van der Waals surface area contributed by atoms with Crippen molar-refractivity contribution < 1.29 is 21.6 Å². The minimum Gasteiger partial charge on any atom is -0.325 e. The molecule has 0 aliphatic rings. The number of hydrogen-bond donors (Lipinski definition) is 3. The topological polar surface area (TPSA) is 149 Å². The van der Waals surface area contributed by atoms with Crippen molar-refractivity contribution in [3.63, 3.8) is 0 Å². The van der Waals surface area contributed by atoms with Gasteiger partial charge in [0.1, 0.15) is 9.79 Å². The third-order valence-electron chi connectivity index (χ3n) is 2.43. The summed E-state index contributed by atoms with van der Waals surface area (Å²) in [6.07, 6.45) is 0. The fourth-order valence-electron chi connectivity index (χ4n) is 1.36. The number of anilines is 1. The van der Waals surface area contributed by atoms with Gasteiger partial charge < -0.3 is 5.32 Å². The van der Waals surface area contributed by atoms with Gasteiger partial charge in [0, 0.05) is 5.92 Å². The number of primary sulfonamides is 2. The van der Waals surface area contributed by atoms with E-state index in [0.29, 0.717) is 6.07 Å². The second-order valence-electron chi connectivity index (χ2n) is 4.51. The van der Waals surface area contributed by atoms with E-state index in [4.69, 9.17) is 21.9 Å². The minimum absolute atomic E-state index is 0.214. The van der Waals surface area contributed by atoms with Crippen LogP contribution in [-0.4, -0.2) is 22.7 Å². The van der Waals surface area contributed by atoms with Crippen molar-refractivity contribution >= 4 is 43.2 Å². The molecular formula is C10H14ClN3O5S2. The van der Waals surface area contributed by atoms with Crippen molar-refractivity contribution in [1.82, 2.24) is 0 Å². The van der Waals surface area contributed by atoms with Gasteiger partial charge in [-0.15, -0.1) is 0 Å². The Morgan fingerprint density at radius 1 is 1.10 bits per heavy atom. The zero-order valence-corrected chi connectivity index (χ0v) is 13.5. The summed E-state index contributed by atoms with van der Waals surface area (Å²) in [6.45, 7) is 3.18. The molecule has 1 aromatic carbocycles. The lowest BCUT2D eigenvalue weighted by Crippen LogP contribution is -2.22. The van der Waals surface area contributed by atoms with Crippen LogP contribution < -0.4 is 15.6 Å². The van der Waals surface area contributed by atoms with Crippen LogP contribution in [0, 0.1) is 5.92 Å². The molecule has 11 heteroatoms. The van der Waals surface area contributed by atoms with Crippen LogP contribution in [0.5, 0.6) is 0 Å². The SMILES string of the molecule is CC(C)C(=O)Nc1cc(Cl)c(S(N)(=O)=O)cc1S(N)(=O)=O. The van der Waals surface area contributed by atoms with Crippen LogP contribution in [0.1, 0.15) is 13.8 Å². The van der Waals surface area contributed by atoms with Crippen molar-refractivity contribution in [2.75, 3.05) is 5.32 Å². The average molecular weight is 356 g/mol. The molecule has 0 aliphatic carbocycles. The Labute approximate surface area is 127 Å². The van der Waals surface area contributed by atoms with Crippen LogP contribution in [0.25, 0.3) is 0 Å². The van der Waals surface area contributed by atoms with E-state index >= 15 is 0 Å². The van der Waals surface area contributed by atoms with Crippen LogP contribution in [0.4, 0.5) is 5.69 Å². The van der Waals surface area contributed by atoms with Gasteiger partial charge in [-0.05, 0) is 12.1 Å². The van der Waals surface area contributed by atoms with Gasteiger partial charge in [-0.3, -0.25) is 4.79 Å². The summed E-state index contributed by atoms with van der Waals surface area (Å²) in [5.41, 5.74) is -0.214. The molecule has 118 valence electrons. The Bertz CT molecular complexity index is 787. The van der Waals surface area contributed by atoms with Gasteiger partial charge in [0.25, 0.3) is 0 Å². The predicted octanol–water partition coefficient (Wildman–Crippen LogP) is 0.229. The molecule has 1 rings (SSSR count). The normalized spacial score (nSPS) is 12.5. The molecule has 8 nitrogen and oxygen atoms in total. The van der Waals surface area contributed by atoms with E-state index in [1.165, 1.54) is 0 Å². The Hall–Kier alpha value is -1.20. The molecule has 0 heterocycles. The largest absolute Gasteiger partial charge is 0.325 e. The fraction of sp³-hybridized carbons (Fsp3) is 0.300. The number of carbonyl (C=O) groups excluding carboxylic acids is 1. The van der Waals surface area contributed by atoms with Gasteiger partial charge in [0.2, 0.25) is 26.0 Å². The summed E-state index contributed by atoms with van der Waals surface area (Å²) in [6, 6.07) is 1.68. The lowest BCUT2D eigenvalue weighted by atomic mass is 10.2. The number of nitrogens with two attached hydrogens (primary N) is 2. The molecule has 0 unspecified atom stereocenters. The maximum absolute atomic E-state index is 11.7. The van der Waals surface area contributed by atoms with Crippen LogP contribution in [0.2, 0.25) is 5.02 Å². The molecule has 0 spiro atoms. The lowest BCUT2D eigenvalue weighted by molar-refractivity contribution is -0.118. The summed E-state index contributed by atoms with van der Waals surface area (Å²) in [7, 11) is -8.54. The van der Waals surface area contributed by atoms with Gasteiger partial charge in [0.05, 0.1) is 10.7 Å². The monoisotopic (exact) mass is 355 g/mol. The average Bonchev–Trinajstić information content (AvgIpc) is 2.25. The molecule has 0 aromatic heterocycles. The number of sulfonamides is 2. The van der Waals surface area contributed by atoms with Crippen molar-refractivity contribution in [2.45, 2.75) is 23.6 Å². The highest BCUT2D eigenvalue weighted by Crippen LogP contribution is 2.30. The molecule has 1 amide bonds. The van der Waals surface area contributed by atoms with Crippen molar-refractivity contribution in [1.29, 1.82) is 0 Å². The summed E-state index contributed by atoms with van der Waals surface area (Å²) in [5, 5.41) is 11.9. The van der Waals surface area contributed by atoms with Crippen molar-refractivity contribution in [2.24, 2.45) is 16.2 Å². The number of benzene rings is 1. The Kier molecular flexibility index (Phi) is 5.01. The van der Waals surface area contributed by atoms with E-state index in [1.807, 2.05) is 0 Å². The second-order valence-corrected chi connectivity index (χ2v) is 7.98. The van der Waals surface area contributed by atoms with E-state index in [0.717, 1.165) is 6.07 Å². The quantitative estimate of drug-likeness (QED) is 0.706. The van der Waals surface area contributed by atoms with Gasteiger partial charge >= 0.3 is 0 Å². The number of nitrogens with one attached hydrogen (secondary N) is 1. The van der Waals surface area contributed by atoms with Crippen LogP contribution in [-0.2, 0) is 24.8 Å². The molecule has 0 bridgehead atoms. The van der Waals surface area contributed by atoms with Crippen molar-refractivity contribution in [3.05, 3.63) is 17.2 Å². The highest BCUT2D eigenvalue weighted by atomic mass is 35.5. The summed E-state index contributed by atoms with van der Waals surface area (Å²) in [4.78, 5) is 10.5. The minimum atomic E-state index is -4.30. The van der Waals surface area contributed by atoms with E-state index in [9.17, 15) is 21.6 Å². The maximum Gasteiger partial charge on any atom is 0.240 e. The highest BCUT2D eigenvalue weighted by Gasteiger charge is 2.23. The number of carbonyl (C=O) groups is 1. The van der Waals surface area contributed by atoms with E-state index in [-0.39, 0.29) is 10.7 Å². The number of rotatable bonds is 4. The summed E-state index contributed by atoms with van der Waals surface area (Å²) >= 11 is 5.75. The van der Waals surface area contributed by atoms with E-state index in [2.05, 4.69) is 5.32 Å². The first-order valence-corrected chi connectivity index (χ1v) is 9.01. The third kappa shape index (κ3) is 4.38. The summed E-state index contributed by atoms with van der Waals surface area (Å²) in [5.74, 6) is -0.922. The molecule has 1 aromatic rings. The molecule has 0 atom stereocenters. The zero-order chi connectivity index (χ0) is 16.6. The summed E-state index contributed by atoms with van der Waals surface area (Å²) < 4.78 is 45.8. The Balaban J connectivity index is 3.59. The number of hydrogen-bond acceptors (Lipinski definition) is 5. The second kappa shape index (κ2) is 5.89. The molecular weight excluding hydrogens is 342 g/mol. The van der Waals surface area contributed by atoms with Gasteiger partial charge in [-0.25, -0.2) is 27.1 Å². The third-order valence-corrected chi connectivity index (χ3v) is 4.76. The first kappa shape index (κ1) is 17.9. The van der Waals surface area contributed by atoms with E-state index < -0.39 is 41.7 Å². The zero-order valence-electron chi connectivity index (χ0n) is 11.1. The van der Waals surface area contributed by atoms with Gasteiger partial charge in [0.15, 0.2) is 0 Å².